The van der Waals surface area contributed by atoms with Gasteiger partial charge in [-0.25, -0.2) is 18.2 Å². The smallest absolute Gasteiger partial charge is 0.175 e. The van der Waals surface area contributed by atoms with Crippen LogP contribution in [0.3, 0.4) is 0 Å². The first-order valence-electron chi connectivity index (χ1n) is 6.18. The number of nitrogens with zero attached hydrogens (tertiary/aromatic N) is 1. The number of aliphatic imine (C=N–C) groups is 1. The van der Waals surface area contributed by atoms with E-state index < -0.39 is 30.0 Å². The van der Waals surface area contributed by atoms with Gasteiger partial charge < -0.3 is 10.1 Å². The maximum atomic E-state index is 13.9. The van der Waals surface area contributed by atoms with Crippen molar-refractivity contribution in [2.24, 2.45) is 4.99 Å². The standard InChI is InChI=1S/C14H15F3N2O/c1-7-3-4-10(8(15)5-7)19-14-12(17)9(16)6-11(20-2)13(14)18/h3-5,9,11-12,18H,6H2,1-2H3. The normalized spacial score (nSPS) is 28.9. The van der Waals surface area contributed by atoms with Crippen LogP contribution in [-0.4, -0.2) is 37.0 Å². The molecule has 20 heavy (non-hydrogen) atoms. The van der Waals surface area contributed by atoms with Crippen molar-refractivity contribution < 1.29 is 17.9 Å². The van der Waals surface area contributed by atoms with Gasteiger partial charge in [-0.15, -0.1) is 0 Å². The molecular weight excluding hydrogens is 269 g/mol. The van der Waals surface area contributed by atoms with E-state index in [9.17, 15) is 13.2 Å². The van der Waals surface area contributed by atoms with Gasteiger partial charge in [-0.3, -0.25) is 0 Å². The molecule has 1 saturated carbocycles. The molecular formula is C14H15F3N2O. The first-order chi connectivity index (χ1) is 9.43. The minimum atomic E-state index is -2.03. The number of alkyl halides is 2. The van der Waals surface area contributed by atoms with Gasteiger partial charge in [0.1, 0.15) is 23.8 Å². The summed E-state index contributed by atoms with van der Waals surface area (Å²) in [6.45, 7) is 1.71. The predicted molar refractivity (Wildman–Crippen MR) is 71.2 cm³/mol. The molecule has 2 rings (SSSR count). The molecule has 0 aliphatic heterocycles. The van der Waals surface area contributed by atoms with Gasteiger partial charge in [0, 0.05) is 13.5 Å². The van der Waals surface area contributed by atoms with Gasteiger partial charge in [0.2, 0.25) is 0 Å². The van der Waals surface area contributed by atoms with Crippen molar-refractivity contribution in [1.29, 1.82) is 5.41 Å². The third-order valence-corrected chi connectivity index (χ3v) is 3.24. The van der Waals surface area contributed by atoms with Crippen LogP contribution in [0.25, 0.3) is 0 Å². The summed E-state index contributed by atoms with van der Waals surface area (Å²) >= 11 is 0. The van der Waals surface area contributed by atoms with Crippen molar-refractivity contribution in [3.05, 3.63) is 29.6 Å². The quantitative estimate of drug-likeness (QED) is 0.889. The maximum Gasteiger partial charge on any atom is 0.175 e. The minimum Gasteiger partial charge on any atom is -0.375 e. The second-order valence-corrected chi connectivity index (χ2v) is 4.74. The Bertz CT molecular complexity index is 559. The van der Waals surface area contributed by atoms with Crippen LogP contribution < -0.4 is 0 Å². The Morgan fingerprint density at radius 1 is 1.35 bits per heavy atom. The molecule has 1 fully saturated rings. The summed E-state index contributed by atoms with van der Waals surface area (Å²) < 4.78 is 46.1. The van der Waals surface area contributed by atoms with Crippen molar-refractivity contribution in [2.75, 3.05) is 7.11 Å². The average Bonchev–Trinajstić information content (AvgIpc) is 2.41. The largest absolute Gasteiger partial charge is 0.375 e. The van der Waals surface area contributed by atoms with Gasteiger partial charge in [-0.2, -0.15) is 0 Å². The van der Waals surface area contributed by atoms with Gasteiger partial charge >= 0.3 is 0 Å². The summed E-state index contributed by atoms with van der Waals surface area (Å²) in [5, 5.41) is 7.80. The first-order valence-corrected chi connectivity index (χ1v) is 6.18. The van der Waals surface area contributed by atoms with Gasteiger partial charge in [-0.1, -0.05) is 6.07 Å². The molecule has 1 aromatic carbocycles. The molecule has 0 heterocycles. The Morgan fingerprint density at radius 2 is 2.05 bits per heavy atom. The number of methoxy groups -OCH3 is 1. The lowest BCUT2D eigenvalue weighted by Gasteiger charge is -2.28. The van der Waals surface area contributed by atoms with Gasteiger partial charge in [0.15, 0.2) is 6.17 Å². The second kappa shape index (κ2) is 5.75. The fourth-order valence-corrected chi connectivity index (χ4v) is 2.09. The van der Waals surface area contributed by atoms with Gasteiger partial charge in [0.25, 0.3) is 0 Å². The molecule has 0 amide bonds. The van der Waals surface area contributed by atoms with Crippen LogP contribution in [0.5, 0.6) is 0 Å². The third kappa shape index (κ3) is 2.75. The Balaban J connectivity index is 2.41. The highest BCUT2D eigenvalue weighted by molar-refractivity contribution is 6.45. The summed E-state index contributed by atoms with van der Waals surface area (Å²) in [4.78, 5) is 3.79. The molecule has 1 N–H and O–H groups in total. The summed E-state index contributed by atoms with van der Waals surface area (Å²) in [5.41, 5.74) is -0.0608. The number of aryl methyl sites for hydroxylation is 1. The van der Waals surface area contributed by atoms with Crippen LogP contribution in [0.15, 0.2) is 23.2 Å². The van der Waals surface area contributed by atoms with Crippen LogP contribution >= 0.6 is 0 Å². The topological polar surface area (TPSA) is 45.4 Å². The summed E-state index contributed by atoms with van der Waals surface area (Å²) in [6.07, 6.45) is -4.92. The monoisotopic (exact) mass is 284 g/mol. The fourth-order valence-electron chi connectivity index (χ4n) is 2.09. The van der Waals surface area contributed by atoms with Gasteiger partial charge in [0.05, 0.1) is 11.4 Å². The van der Waals surface area contributed by atoms with E-state index in [-0.39, 0.29) is 17.8 Å². The predicted octanol–water partition coefficient (Wildman–Crippen LogP) is 3.32. The molecule has 108 valence electrons. The van der Waals surface area contributed by atoms with Crippen LogP contribution in [-0.2, 0) is 4.74 Å². The second-order valence-electron chi connectivity index (χ2n) is 4.74. The van der Waals surface area contributed by atoms with Crippen molar-refractivity contribution in [3.8, 4) is 0 Å². The molecule has 1 aromatic rings. The van der Waals surface area contributed by atoms with E-state index in [0.717, 1.165) is 0 Å². The van der Waals surface area contributed by atoms with Crippen LogP contribution in [0, 0.1) is 18.2 Å². The summed E-state index contributed by atoms with van der Waals surface area (Å²) in [7, 11) is 1.31. The van der Waals surface area contributed by atoms with Gasteiger partial charge in [-0.05, 0) is 24.6 Å². The molecule has 1 aliphatic rings. The van der Waals surface area contributed by atoms with Crippen LogP contribution in [0.2, 0.25) is 0 Å². The zero-order valence-corrected chi connectivity index (χ0v) is 11.2. The Labute approximate surface area is 115 Å². The van der Waals surface area contributed by atoms with Crippen molar-refractivity contribution in [1.82, 2.24) is 0 Å². The lowest BCUT2D eigenvalue weighted by molar-refractivity contribution is 0.0933. The molecule has 6 heteroatoms. The molecule has 0 bridgehead atoms. The zero-order valence-electron chi connectivity index (χ0n) is 11.2. The molecule has 3 unspecified atom stereocenters. The average molecular weight is 284 g/mol. The number of rotatable bonds is 2. The SMILES string of the molecule is COC1CC(F)C(F)C(=Nc2ccc(C)cc2F)C1=N. The zero-order chi connectivity index (χ0) is 14.9. The van der Waals surface area contributed by atoms with E-state index in [2.05, 4.69) is 4.99 Å². The number of benzene rings is 1. The molecule has 3 atom stereocenters. The van der Waals surface area contributed by atoms with E-state index in [0.29, 0.717) is 5.56 Å². The van der Waals surface area contributed by atoms with E-state index in [4.69, 9.17) is 10.1 Å². The third-order valence-electron chi connectivity index (χ3n) is 3.24. The first kappa shape index (κ1) is 14.7. The number of hydrogen-bond acceptors (Lipinski definition) is 3. The maximum absolute atomic E-state index is 13.9. The number of halogens is 3. The lowest BCUT2D eigenvalue weighted by Crippen LogP contribution is -2.47. The molecule has 0 radical (unpaired) electrons. The molecule has 3 nitrogen and oxygen atoms in total. The lowest BCUT2D eigenvalue weighted by atomic mass is 9.90. The summed E-state index contributed by atoms with van der Waals surface area (Å²) in [5.74, 6) is -0.632. The Morgan fingerprint density at radius 3 is 2.65 bits per heavy atom. The Hall–Kier alpha value is -1.69. The number of ether oxygens (including phenoxy) is 1. The highest BCUT2D eigenvalue weighted by atomic mass is 19.2. The minimum absolute atomic E-state index is 0.109. The highest BCUT2D eigenvalue weighted by Crippen LogP contribution is 2.26. The van der Waals surface area contributed by atoms with Crippen LogP contribution in [0.4, 0.5) is 18.9 Å². The van der Waals surface area contributed by atoms with Crippen LogP contribution in [0.1, 0.15) is 12.0 Å². The molecule has 1 aliphatic carbocycles. The van der Waals surface area contributed by atoms with Crippen molar-refractivity contribution in [2.45, 2.75) is 31.8 Å². The molecule has 0 saturated heterocycles. The Kier molecular flexibility index (Phi) is 4.23. The number of nitrogens with one attached hydrogen (secondary N) is 1. The van der Waals surface area contributed by atoms with Crippen molar-refractivity contribution >= 4 is 17.1 Å². The fraction of sp³-hybridized carbons (Fsp3) is 0.429. The number of hydrogen-bond donors (Lipinski definition) is 1. The molecule has 0 spiro atoms. The van der Waals surface area contributed by atoms with E-state index >= 15 is 0 Å². The van der Waals surface area contributed by atoms with Crippen molar-refractivity contribution in [3.63, 3.8) is 0 Å². The summed E-state index contributed by atoms with van der Waals surface area (Å²) in [6, 6.07) is 4.24. The van der Waals surface area contributed by atoms with E-state index in [1.54, 1.807) is 13.0 Å². The van der Waals surface area contributed by atoms with E-state index in [1.165, 1.54) is 19.2 Å². The van der Waals surface area contributed by atoms with E-state index in [1.807, 2.05) is 0 Å². The highest BCUT2D eigenvalue weighted by Gasteiger charge is 2.40. The molecule has 0 aromatic heterocycles.